The molecular weight excluding hydrogens is 711 g/mol. The minimum absolute atomic E-state index is 0.465. The molecule has 0 saturated heterocycles. The maximum atomic E-state index is 5.31. The summed E-state index contributed by atoms with van der Waals surface area (Å²) in [4.78, 5) is 15.7. The molecule has 2 heterocycles. The molecule has 0 saturated carbocycles. The van der Waals surface area contributed by atoms with Gasteiger partial charge in [-0.05, 0) is 80.3 Å². The Labute approximate surface area is 334 Å². The molecule has 0 N–H and O–H groups in total. The van der Waals surface area contributed by atoms with Crippen molar-refractivity contribution < 1.29 is 0 Å². The van der Waals surface area contributed by atoms with E-state index in [4.69, 9.17) is 15.0 Å². The van der Waals surface area contributed by atoms with E-state index in [9.17, 15) is 0 Å². The highest BCUT2D eigenvalue weighted by Gasteiger charge is 2.49. The number of benzene rings is 8. The van der Waals surface area contributed by atoms with Crippen molar-refractivity contribution in [3.05, 3.63) is 221 Å². The highest BCUT2D eigenvalue weighted by Crippen LogP contribution is 2.59. The van der Waals surface area contributed by atoms with Crippen molar-refractivity contribution in [2.75, 3.05) is 0 Å². The summed E-state index contributed by atoms with van der Waals surface area (Å²) in [6.07, 6.45) is 0.870. The van der Waals surface area contributed by atoms with Crippen LogP contribution in [0.4, 0.5) is 0 Å². The van der Waals surface area contributed by atoms with Crippen molar-refractivity contribution in [2.45, 2.75) is 11.8 Å². The quantitative estimate of drug-likeness (QED) is 0.180. The standard InChI is InChI=1S/C53H33N3S/c1-2-14-33(15-3-1)50-54-51(37-18-12-17-34(30-37)39-22-13-23-43-42-21-7-11-27-48(42)57-49(39)43)56-52(55-50)38-29-28-36-31-35-16-4-8-24-44(35)53(47(36)32-38)45-25-9-5-19-40(45)41-20-6-10-26-46(41)53/h1-30,32H,31H2. The van der Waals surface area contributed by atoms with Gasteiger partial charge < -0.3 is 0 Å². The number of aromatic nitrogens is 3. The van der Waals surface area contributed by atoms with Crippen molar-refractivity contribution in [1.82, 2.24) is 15.0 Å². The molecular formula is C53H33N3S. The molecule has 0 atom stereocenters. The molecule has 0 bridgehead atoms. The van der Waals surface area contributed by atoms with Crippen LogP contribution in [0.3, 0.4) is 0 Å². The highest BCUT2D eigenvalue weighted by molar-refractivity contribution is 7.26. The van der Waals surface area contributed by atoms with Crippen LogP contribution in [0.15, 0.2) is 188 Å². The summed E-state index contributed by atoms with van der Waals surface area (Å²) >= 11 is 1.85. The van der Waals surface area contributed by atoms with E-state index in [0.717, 1.165) is 28.7 Å². The van der Waals surface area contributed by atoms with Crippen LogP contribution in [-0.2, 0) is 11.8 Å². The average Bonchev–Trinajstić information content (AvgIpc) is 3.81. The Bertz CT molecular complexity index is 3190. The minimum Gasteiger partial charge on any atom is -0.208 e. The summed E-state index contributed by atoms with van der Waals surface area (Å²) in [7, 11) is 0. The molecule has 2 aliphatic rings. The van der Waals surface area contributed by atoms with Gasteiger partial charge in [0.15, 0.2) is 17.5 Å². The van der Waals surface area contributed by atoms with E-state index < -0.39 is 5.41 Å². The number of hydrogen-bond acceptors (Lipinski definition) is 4. The Kier molecular flexibility index (Phi) is 7.08. The van der Waals surface area contributed by atoms with E-state index >= 15 is 0 Å². The van der Waals surface area contributed by atoms with Gasteiger partial charge in [0.25, 0.3) is 0 Å². The smallest absolute Gasteiger partial charge is 0.164 e. The van der Waals surface area contributed by atoms with Crippen LogP contribution in [0, 0.1) is 0 Å². The molecule has 0 aliphatic heterocycles. The van der Waals surface area contributed by atoms with Crippen LogP contribution in [0.25, 0.3) is 76.6 Å². The molecule has 1 spiro atoms. The first-order chi connectivity index (χ1) is 28.2. The third-order valence-electron chi connectivity index (χ3n) is 12.0. The number of rotatable bonds is 4. The molecule has 4 heteroatoms. The monoisotopic (exact) mass is 743 g/mol. The molecule has 0 unspecified atom stereocenters. The van der Waals surface area contributed by atoms with E-state index in [0.29, 0.717) is 17.5 Å². The SMILES string of the molecule is c1ccc(-c2nc(-c3cccc(-c4cccc5c4sc4ccccc45)c3)nc(-c3ccc4c(c3)C3(c5ccccc5C4)c4ccccc4-c4ccccc43)n2)cc1. The molecule has 2 aromatic heterocycles. The summed E-state index contributed by atoms with van der Waals surface area (Å²) in [6.45, 7) is 0. The topological polar surface area (TPSA) is 38.7 Å². The number of fused-ring (bicyclic) bond motifs is 12. The zero-order valence-corrected chi connectivity index (χ0v) is 31.7. The van der Waals surface area contributed by atoms with Crippen LogP contribution in [0.5, 0.6) is 0 Å². The lowest BCUT2D eigenvalue weighted by atomic mass is 9.61. The van der Waals surface area contributed by atoms with Crippen molar-refractivity contribution in [1.29, 1.82) is 0 Å². The fraction of sp³-hybridized carbons (Fsp3) is 0.0377. The van der Waals surface area contributed by atoms with Crippen LogP contribution in [-0.4, -0.2) is 15.0 Å². The van der Waals surface area contributed by atoms with Crippen molar-refractivity contribution in [3.8, 4) is 56.4 Å². The van der Waals surface area contributed by atoms with Crippen LogP contribution in [0.2, 0.25) is 0 Å². The Morgan fingerprint density at radius 3 is 1.70 bits per heavy atom. The molecule has 57 heavy (non-hydrogen) atoms. The molecule has 0 amide bonds. The van der Waals surface area contributed by atoms with Gasteiger partial charge in [-0.25, -0.2) is 15.0 Å². The van der Waals surface area contributed by atoms with Gasteiger partial charge in [-0.3, -0.25) is 0 Å². The molecule has 0 fully saturated rings. The second-order valence-corrected chi connectivity index (χ2v) is 16.1. The third-order valence-corrected chi connectivity index (χ3v) is 13.2. The summed E-state index contributed by atoms with van der Waals surface area (Å²) in [6, 6.07) is 68.1. The van der Waals surface area contributed by atoms with Crippen molar-refractivity contribution in [3.63, 3.8) is 0 Å². The predicted molar refractivity (Wildman–Crippen MR) is 235 cm³/mol. The minimum atomic E-state index is -0.465. The number of hydrogen-bond donors (Lipinski definition) is 0. The Hall–Kier alpha value is -7.01. The van der Waals surface area contributed by atoms with Crippen LogP contribution < -0.4 is 0 Å². The predicted octanol–water partition coefficient (Wildman–Crippen LogP) is 13.2. The van der Waals surface area contributed by atoms with E-state index in [2.05, 4.69) is 170 Å². The highest BCUT2D eigenvalue weighted by atomic mass is 32.1. The largest absolute Gasteiger partial charge is 0.208 e. The van der Waals surface area contributed by atoms with Gasteiger partial charge >= 0.3 is 0 Å². The normalized spacial score (nSPS) is 13.3. The lowest BCUT2D eigenvalue weighted by Crippen LogP contribution is -2.34. The first kappa shape index (κ1) is 32.3. The fourth-order valence-corrected chi connectivity index (χ4v) is 10.8. The molecule has 8 aromatic carbocycles. The second-order valence-electron chi connectivity index (χ2n) is 15.1. The van der Waals surface area contributed by atoms with Gasteiger partial charge in [-0.15, -0.1) is 11.3 Å². The van der Waals surface area contributed by atoms with Gasteiger partial charge in [-0.2, -0.15) is 0 Å². The molecule has 12 rings (SSSR count). The van der Waals surface area contributed by atoms with E-state index in [1.807, 2.05) is 29.5 Å². The summed E-state index contributed by atoms with van der Waals surface area (Å²) in [5.74, 6) is 1.97. The molecule has 2 aliphatic carbocycles. The summed E-state index contributed by atoms with van der Waals surface area (Å²) in [5, 5.41) is 2.58. The summed E-state index contributed by atoms with van der Waals surface area (Å²) < 4.78 is 2.59. The van der Waals surface area contributed by atoms with Gasteiger partial charge in [0, 0.05) is 36.9 Å². The number of thiophene rings is 1. The lowest BCUT2D eigenvalue weighted by Gasteiger charge is -2.40. The zero-order valence-electron chi connectivity index (χ0n) is 30.9. The van der Waals surface area contributed by atoms with E-state index in [1.54, 1.807) is 0 Å². The second kappa shape index (κ2) is 12.5. The lowest BCUT2D eigenvalue weighted by molar-refractivity contribution is 0.722. The van der Waals surface area contributed by atoms with Crippen LogP contribution in [0.1, 0.15) is 33.4 Å². The molecule has 266 valence electrons. The van der Waals surface area contributed by atoms with Crippen molar-refractivity contribution in [2.24, 2.45) is 0 Å². The maximum absolute atomic E-state index is 5.31. The zero-order chi connectivity index (χ0) is 37.5. The molecule has 0 radical (unpaired) electrons. The van der Waals surface area contributed by atoms with E-state index in [1.165, 1.54) is 70.2 Å². The van der Waals surface area contributed by atoms with Crippen molar-refractivity contribution >= 4 is 31.5 Å². The average molecular weight is 744 g/mol. The summed E-state index contributed by atoms with van der Waals surface area (Å²) in [5.41, 5.74) is 15.3. The fourth-order valence-electron chi connectivity index (χ4n) is 9.58. The Morgan fingerprint density at radius 2 is 0.912 bits per heavy atom. The van der Waals surface area contributed by atoms with Gasteiger partial charge in [0.2, 0.25) is 0 Å². The van der Waals surface area contributed by atoms with Gasteiger partial charge in [0.05, 0.1) is 5.41 Å². The molecule has 10 aromatic rings. The van der Waals surface area contributed by atoms with Gasteiger partial charge in [-0.1, -0.05) is 170 Å². The van der Waals surface area contributed by atoms with E-state index in [-0.39, 0.29) is 0 Å². The first-order valence-electron chi connectivity index (χ1n) is 19.5. The Morgan fingerprint density at radius 1 is 0.368 bits per heavy atom. The van der Waals surface area contributed by atoms with Crippen LogP contribution >= 0.6 is 11.3 Å². The first-order valence-corrected chi connectivity index (χ1v) is 20.3. The van der Waals surface area contributed by atoms with Gasteiger partial charge in [0.1, 0.15) is 0 Å². The third kappa shape index (κ3) is 4.81. The maximum Gasteiger partial charge on any atom is 0.164 e. The number of nitrogens with zero attached hydrogens (tertiary/aromatic N) is 3. The molecule has 3 nitrogen and oxygen atoms in total. The Balaban J connectivity index is 1.06.